The first kappa shape index (κ1) is 28.5. The highest BCUT2D eigenvalue weighted by molar-refractivity contribution is 7.92. The van der Waals surface area contributed by atoms with Crippen LogP contribution in [0.2, 0.25) is 10.0 Å². The minimum Gasteiger partial charge on any atom is -0.357 e. The third-order valence-corrected chi connectivity index (χ3v) is 7.87. The lowest BCUT2D eigenvalue weighted by molar-refractivity contribution is -0.139. The summed E-state index contributed by atoms with van der Waals surface area (Å²) in [4.78, 5) is 28.4. The molecular weight excluding hydrogens is 533 g/mol. The second-order valence-corrected chi connectivity index (χ2v) is 11.4. The Balaban J connectivity index is 2.05. The van der Waals surface area contributed by atoms with Gasteiger partial charge in [0.05, 0.1) is 22.0 Å². The van der Waals surface area contributed by atoms with E-state index in [1.54, 1.807) is 0 Å². The van der Waals surface area contributed by atoms with Crippen LogP contribution in [0, 0.1) is 6.92 Å². The van der Waals surface area contributed by atoms with E-state index in [1.165, 1.54) is 30.1 Å². The Hall–Kier alpha value is -3.07. The highest BCUT2D eigenvalue weighted by Gasteiger charge is 2.33. The van der Waals surface area contributed by atoms with Crippen LogP contribution in [-0.4, -0.2) is 51.0 Å². The number of likely N-dealkylation sites (N-methyl/N-ethyl adjacent to an activating group) is 1. The molecule has 0 spiro atoms. The van der Waals surface area contributed by atoms with E-state index >= 15 is 0 Å². The number of nitrogens with one attached hydrogen (secondary N) is 1. The Bertz CT molecular complexity index is 1370. The summed E-state index contributed by atoms with van der Waals surface area (Å²) in [5, 5.41) is 3.07. The van der Waals surface area contributed by atoms with Crippen LogP contribution in [0.5, 0.6) is 0 Å². The molecular formula is C27H29Cl2N3O4S. The molecule has 196 valence electrons. The van der Waals surface area contributed by atoms with Crippen LogP contribution in [0.1, 0.15) is 16.7 Å². The number of benzene rings is 3. The molecule has 1 atom stereocenters. The van der Waals surface area contributed by atoms with Gasteiger partial charge in [-0.2, -0.15) is 0 Å². The number of anilines is 1. The zero-order valence-electron chi connectivity index (χ0n) is 20.8. The van der Waals surface area contributed by atoms with E-state index in [0.29, 0.717) is 0 Å². The molecule has 0 heterocycles. The summed E-state index contributed by atoms with van der Waals surface area (Å²) in [6.07, 6.45) is 1.26. The van der Waals surface area contributed by atoms with Gasteiger partial charge in [0.2, 0.25) is 21.8 Å². The van der Waals surface area contributed by atoms with Crippen molar-refractivity contribution < 1.29 is 18.0 Å². The summed E-state index contributed by atoms with van der Waals surface area (Å²) < 4.78 is 26.5. The van der Waals surface area contributed by atoms with Gasteiger partial charge >= 0.3 is 0 Å². The molecule has 0 saturated heterocycles. The maximum Gasteiger partial charge on any atom is 0.244 e. The van der Waals surface area contributed by atoms with E-state index < -0.39 is 28.5 Å². The highest BCUT2D eigenvalue weighted by atomic mass is 35.5. The molecule has 0 aliphatic carbocycles. The van der Waals surface area contributed by atoms with Crippen molar-refractivity contribution in [1.82, 2.24) is 10.2 Å². The van der Waals surface area contributed by atoms with Crippen LogP contribution in [-0.2, 0) is 32.6 Å². The van der Waals surface area contributed by atoms with Crippen molar-refractivity contribution in [3.05, 3.63) is 99.5 Å². The number of aryl methyl sites for hydroxylation is 1. The second kappa shape index (κ2) is 12.4. The van der Waals surface area contributed by atoms with Crippen molar-refractivity contribution in [3.8, 4) is 0 Å². The normalized spacial score (nSPS) is 12.0. The molecule has 0 saturated carbocycles. The van der Waals surface area contributed by atoms with E-state index in [2.05, 4.69) is 5.32 Å². The van der Waals surface area contributed by atoms with Crippen LogP contribution >= 0.6 is 23.2 Å². The molecule has 1 N–H and O–H groups in total. The van der Waals surface area contributed by atoms with Crippen molar-refractivity contribution in [2.24, 2.45) is 0 Å². The van der Waals surface area contributed by atoms with Gasteiger partial charge in [0.15, 0.2) is 0 Å². The third-order valence-electron chi connectivity index (χ3n) is 5.99. The maximum absolute atomic E-state index is 13.9. The molecule has 3 aromatic rings. The number of hydrogen-bond acceptors (Lipinski definition) is 4. The number of sulfonamides is 1. The number of rotatable bonds is 10. The molecule has 3 rings (SSSR count). The molecule has 7 nitrogen and oxygen atoms in total. The molecule has 0 fully saturated rings. The largest absolute Gasteiger partial charge is 0.357 e. The van der Waals surface area contributed by atoms with Crippen LogP contribution < -0.4 is 9.62 Å². The number of hydrogen-bond donors (Lipinski definition) is 1. The molecule has 2 amide bonds. The van der Waals surface area contributed by atoms with E-state index in [0.717, 1.165) is 27.3 Å². The van der Waals surface area contributed by atoms with E-state index in [9.17, 15) is 18.0 Å². The van der Waals surface area contributed by atoms with Gasteiger partial charge in [-0.05, 0) is 41.8 Å². The van der Waals surface area contributed by atoms with Crippen LogP contribution in [0.25, 0.3) is 0 Å². The first-order valence-corrected chi connectivity index (χ1v) is 14.1. The fourth-order valence-corrected chi connectivity index (χ4v) is 5.08. The first-order chi connectivity index (χ1) is 17.5. The molecule has 10 heteroatoms. The fraction of sp³-hybridized carbons (Fsp3) is 0.259. The summed E-state index contributed by atoms with van der Waals surface area (Å²) in [7, 11) is -2.37. The molecule has 0 aromatic heterocycles. The van der Waals surface area contributed by atoms with Crippen molar-refractivity contribution in [2.45, 2.75) is 25.9 Å². The van der Waals surface area contributed by atoms with Gasteiger partial charge in [0.1, 0.15) is 12.6 Å². The topological polar surface area (TPSA) is 86.8 Å². The number of carbonyl (C=O) groups is 2. The number of halogens is 2. The molecule has 0 bridgehead atoms. The van der Waals surface area contributed by atoms with E-state index in [4.69, 9.17) is 23.2 Å². The maximum atomic E-state index is 13.9. The Kier molecular flexibility index (Phi) is 9.59. The third kappa shape index (κ3) is 7.47. The van der Waals surface area contributed by atoms with Gasteiger partial charge in [0, 0.05) is 20.0 Å². The zero-order chi connectivity index (χ0) is 27.2. The molecule has 0 aliphatic heterocycles. The fourth-order valence-electron chi connectivity index (χ4n) is 3.95. The lowest BCUT2D eigenvalue weighted by Gasteiger charge is -2.33. The summed E-state index contributed by atoms with van der Waals surface area (Å²) >= 11 is 12.1. The monoisotopic (exact) mass is 561 g/mol. The lowest BCUT2D eigenvalue weighted by Crippen LogP contribution is -2.53. The zero-order valence-corrected chi connectivity index (χ0v) is 23.1. The van der Waals surface area contributed by atoms with Gasteiger partial charge in [0.25, 0.3) is 0 Å². The minimum atomic E-state index is -3.88. The van der Waals surface area contributed by atoms with Crippen molar-refractivity contribution in [2.75, 3.05) is 24.2 Å². The predicted molar refractivity (Wildman–Crippen MR) is 148 cm³/mol. The molecule has 37 heavy (non-hydrogen) atoms. The number of carbonyl (C=O) groups excluding carboxylic acids is 2. The second-order valence-electron chi connectivity index (χ2n) is 8.64. The minimum absolute atomic E-state index is 0.120. The quantitative estimate of drug-likeness (QED) is 0.396. The van der Waals surface area contributed by atoms with E-state index in [-0.39, 0.29) is 34.6 Å². The molecule has 0 aliphatic rings. The molecule has 3 aromatic carbocycles. The standard InChI is InChI=1S/C27H29Cl2N3O4S/c1-19-9-7-8-12-21(19)17-31(25(27(34)30-2)15-20-10-5-4-6-11-20)26(33)18-32(37(3,35)36)22-13-14-23(28)24(29)16-22/h4-14,16,25H,15,17-18H2,1-3H3,(H,30,34)/t25-/m1/s1. The van der Waals surface area contributed by atoms with Gasteiger partial charge in [-0.1, -0.05) is 77.8 Å². The Morgan fingerprint density at radius 3 is 2.19 bits per heavy atom. The molecule has 0 radical (unpaired) electrons. The number of amides is 2. The molecule has 0 unspecified atom stereocenters. The Labute approximate surface area is 228 Å². The average molecular weight is 563 g/mol. The van der Waals surface area contributed by atoms with Crippen molar-refractivity contribution in [1.29, 1.82) is 0 Å². The predicted octanol–water partition coefficient (Wildman–Crippen LogP) is 4.45. The van der Waals surface area contributed by atoms with Crippen LogP contribution in [0.15, 0.2) is 72.8 Å². The first-order valence-electron chi connectivity index (χ1n) is 11.5. The average Bonchev–Trinajstić information content (AvgIpc) is 2.86. The van der Waals surface area contributed by atoms with Crippen molar-refractivity contribution >= 4 is 50.7 Å². The summed E-state index contributed by atoms with van der Waals surface area (Å²) in [6, 6.07) is 20.4. The smallest absolute Gasteiger partial charge is 0.244 e. The van der Waals surface area contributed by atoms with Gasteiger partial charge in [-0.3, -0.25) is 13.9 Å². The lowest BCUT2D eigenvalue weighted by atomic mass is 10.0. The van der Waals surface area contributed by atoms with Gasteiger partial charge in [-0.15, -0.1) is 0 Å². The Morgan fingerprint density at radius 2 is 1.59 bits per heavy atom. The van der Waals surface area contributed by atoms with E-state index in [1.807, 2.05) is 61.5 Å². The summed E-state index contributed by atoms with van der Waals surface area (Å²) in [5.41, 5.74) is 2.85. The highest BCUT2D eigenvalue weighted by Crippen LogP contribution is 2.29. The van der Waals surface area contributed by atoms with Gasteiger partial charge in [-0.25, -0.2) is 8.42 Å². The summed E-state index contributed by atoms with van der Waals surface area (Å²) in [5.74, 6) is -0.893. The summed E-state index contributed by atoms with van der Waals surface area (Å²) in [6.45, 7) is 1.52. The Morgan fingerprint density at radius 1 is 0.946 bits per heavy atom. The van der Waals surface area contributed by atoms with Gasteiger partial charge < -0.3 is 10.2 Å². The van der Waals surface area contributed by atoms with Crippen LogP contribution in [0.3, 0.4) is 0 Å². The van der Waals surface area contributed by atoms with Crippen LogP contribution in [0.4, 0.5) is 5.69 Å². The SMILES string of the molecule is CNC(=O)[C@@H](Cc1ccccc1)N(Cc1ccccc1C)C(=O)CN(c1ccc(Cl)c(Cl)c1)S(C)(=O)=O. The van der Waals surface area contributed by atoms with Crippen molar-refractivity contribution in [3.63, 3.8) is 0 Å². The number of nitrogens with zero attached hydrogens (tertiary/aromatic N) is 2.